The van der Waals surface area contributed by atoms with E-state index in [1.807, 2.05) is 6.92 Å². The van der Waals surface area contributed by atoms with Crippen molar-refractivity contribution in [2.45, 2.75) is 45.2 Å². The molecular formula is C13H23N3O6. The first-order chi connectivity index (χ1) is 10.2. The van der Waals surface area contributed by atoms with Crippen LogP contribution in [0.5, 0.6) is 0 Å². The quantitative estimate of drug-likeness (QED) is 0.342. The van der Waals surface area contributed by atoms with Crippen molar-refractivity contribution in [2.24, 2.45) is 11.7 Å². The maximum Gasteiger partial charge on any atom is 0.326 e. The van der Waals surface area contributed by atoms with Crippen LogP contribution in [0, 0.1) is 5.92 Å². The lowest BCUT2D eigenvalue weighted by atomic mass is 9.97. The van der Waals surface area contributed by atoms with Crippen LogP contribution in [0.25, 0.3) is 0 Å². The maximum atomic E-state index is 12.2. The molecule has 126 valence electrons. The number of hydrogen-bond donors (Lipinski definition) is 5. The molecule has 6 N–H and O–H groups in total. The summed E-state index contributed by atoms with van der Waals surface area (Å²) < 4.78 is 0. The summed E-state index contributed by atoms with van der Waals surface area (Å²) in [6, 6.07) is -2.25. The summed E-state index contributed by atoms with van der Waals surface area (Å²) in [4.78, 5) is 45.1. The Labute approximate surface area is 128 Å². The number of carbonyl (C=O) groups is 4. The zero-order chi connectivity index (χ0) is 17.3. The van der Waals surface area contributed by atoms with Crippen LogP contribution in [0.1, 0.15) is 33.1 Å². The van der Waals surface area contributed by atoms with E-state index in [0.29, 0.717) is 6.42 Å². The summed E-state index contributed by atoms with van der Waals surface area (Å²) >= 11 is 0. The van der Waals surface area contributed by atoms with Gasteiger partial charge >= 0.3 is 11.9 Å². The third-order valence-electron chi connectivity index (χ3n) is 3.26. The highest BCUT2D eigenvalue weighted by Gasteiger charge is 2.29. The summed E-state index contributed by atoms with van der Waals surface area (Å²) in [5, 5.41) is 22.3. The van der Waals surface area contributed by atoms with E-state index in [2.05, 4.69) is 10.6 Å². The minimum Gasteiger partial charge on any atom is -0.481 e. The van der Waals surface area contributed by atoms with Gasteiger partial charge < -0.3 is 26.6 Å². The average Bonchev–Trinajstić information content (AvgIpc) is 2.46. The summed E-state index contributed by atoms with van der Waals surface area (Å²) in [5.41, 5.74) is 5.19. The topological polar surface area (TPSA) is 159 Å². The van der Waals surface area contributed by atoms with Gasteiger partial charge in [0.2, 0.25) is 11.8 Å². The molecule has 0 heterocycles. The normalized spacial score (nSPS) is 14.5. The molecule has 0 aromatic carbocycles. The number of nitrogens with one attached hydrogen (secondary N) is 2. The number of aliphatic carboxylic acids is 2. The highest BCUT2D eigenvalue weighted by atomic mass is 16.4. The Morgan fingerprint density at radius 1 is 1.14 bits per heavy atom. The molecule has 0 fully saturated rings. The Morgan fingerprint density at radius 3 is 2.14 bits per heavy atom. The van der Waals surface area contributed by atoms with Crippen molar-refractivity contribution in [3.8, 4) is 0 Å². The van der Waals surface area contributed by atoms with Crippen LogP contribution in [0.4, 0.5) is 0 Å². The summed E-state index contributed by atoms with van der Waals surface area (Å²) in [6.07, 6.45) is -0.0509. The molecule has 9 heteroatoms. The van der Waals surface area contributed by atoms with Gasteiger partial charge in [0, 0.05) is 6.42 Å². The Kier molecular flexibility index (Phi) is 8.76. The van der Waals surface area contributed by atoms with Crippen LogP contribution in [0.15, 0.2) is 0 Å². The molecule has 0 aromatic rings. The number of carboxylic acids is 2. The van der Waals surface area contributed by atoms with Gasteiger partial charge in [-0.1, -0.05) is 20.3 Å². The number of rotatable bonds is 10. The molecule has 0 radical (unpaired) electrons. The largest absolute Gasteiger partial charge is 0.481 e. The van der Waals surface area contributed by atoms with E-state index in [9.17, 15) is 19.2 Å². The fourth-order valence-electron chi connectivity index (χ4n) is 1.72. The second-order valence-corrected chi connectivity index (χ2v) is 4.97. The standard InChI is InChI=1S/C13H23N3O6/c1-3-7(2)11(16-9(17)6-14)12(20)15-8(13(21)22)4-5-10(18)19/h7-8,11H,3-6,14H2,1-2H3,(H,15,20)(H,16,17)(H,18,19)(H,21,22)/t7-,8-,11-/m0/s1. The highest BCUT2D eigenvalue weighted by molar-refractivity contribution is 5.91. The van der Waals surface area contributed by atoms with Crippen LogP contribution in [-0.4, -0.2) is 52.6 Å². The van der Waals surface area contributed by atoms with Crippen molar-refractivity contribution in [1.29, 1.82) is 0 Å². The summed E-state index contributed by atoms with van der Waals surface area (Å²) in [5.74, 6) is -3.92. The van der Waals surface area contributed by atoms with Crippen molar-refractivity contribution in [1.82, 2.24) is 10.6 Å². The van der Waals surface area contributed by atoms with E-state index in [-0.39, 0.29) is 25.3 Å². The SMILES string of the molecule is CC[C@H](C)[C@H](NC(=O)CN)C(=O)N[C@@H](CCC(=O)O)C(=O)O. The molecule has 0 saturated heterocycles. The fourth-order valence-corrected chi connectivity index (χ4v) is 1.72. The van der Waals surface area contributed by atoms with Gasteiger partial charge in [-0.15, -0.1) is 0 Å². The Balaban J connectivity index is 4.91. The fraction of sp³-hybridized carbons (Fsp3) is 0.692. The smallest absolute Gasteiger partial charge is 0.326 e. The van der Waals surface area contributed by atoms with E-state index >= 15 is 0 Å². The zero-order valence-electron chi connectivity index (χ0n) is 12.7. The molecule has 3 atom stereocenters. The predicted octanol–water partition coefficient (Wildman–Crippen LogP) is -1.09. The molecule has 0 aromatic heterocycles. The molecule has 0 aliphatic rings. The van der Waals surface area contributed by atoms with Gasteiger partial charge in [0.1, 0.15) is 12.1 Å². The van der Waals surface area contributed by atoms with E-state index in [4.69, 9.17) is 15.9 Å². The highest BCUT2D eigenvalue weighted by Crippen LogP contribution is 2.09. The molecule has 2 amide bonds. The lowest BCUT2D eigenvalue weighted by Gasteiger charge is -2.25. The van der Waals surface area contributed by atoms with Gasteiger partial charge in [0.25, 0.3) is 0 Å². The molecule has 0 spiro atoms. The number of amides is 2. The van der Waals surface area contributed by atoms with Crippen molar-refractivity contribution in [3.63, 3.8) is 0 Å². The van der Waals surface area contributed by atoms with Crippen LogP contribution in [0.2, 0.25) is 0 Å². The molecule has 0 aliphatic carbocycles. The number of nitrogens with two attached hydrogens (primary N) is 1. The molecule has 0 saturated carbocycles. The molecule has 0 rings (SSSR count). The summed E-state index contributed by atoms with van der Waals surface area (Å²) in [7, 11) is 0. The van der Waals surface area contributed by atoms with Crippen LogP contribution < -0.4 is 16.4 Å². The number of carbonyl (C=O) groups excluding carboxylic acids is 2. The lowest BCUT2D eigenvalue weighted by molar-refractivity contribution is -0.143. The Bertz CT molecular complexity index is 426. The minimum atomic E-state index is -1.33. The van der Waals surface area contributed by atoms with Gasteiger partial charge in [-0.2, -0.15) is 0 Å². The summed E-state index contributed by atoms with van der Waals surface area (Å²) in [6.45, 7) is 3.26. The third-order valence-corrected chi connectivity index (χ3v) is 3.26. The van der Waals surface area contributed by atoms with Gasteiger partial charge in [-0.25, -0.2) is 4.79 Å². The zero-order valence-corrected chi connectivity index (χ0v) is 12.7. The molecule has 0 unspecified atom stereocenters. The predicted molar refractivity (Wildman–Crippen MR) is 76.9 cm³/mol. The Morgan fingerprint density at radius 2 is 1.73 bits per heavy atom. The van der Waals surface area contributed by atoms with E-state index in [1.54, 1.807) is 6.92 Å². The monoisotopic (exact) mass is 317 g/mol. The van der Waals surface area contributed by atoms with Gasteiger partial charge in [0.05, 0.1) is 6.54 Å². The third kappa shape index (κ3) is 7.02. The molecule has 22 heavy (non-hydrogen) atoms. The maximum absolute atomic E-state index is 12.2. The van der Waals surface area contributed by atoms with Crippen molar-refractivity contribution in [2.75, 3.05) is 6.54 Å². The number of carboxylic acid groups (broad SMARTS) is 2. The molecule has 9 nitrogen and oxygen atoms in total. The molecule has 0 aliphatic heterocycles. The first kappa shape index (κ1) is 19.8. The van der Waals surface area contributed by atoms with E-state index < -0.39 is 35.8 Å². The van der Waals surface area contributed by atoms with E-state index in [0.717, 1.165) is 0 Å². The van der Waals surface area contributed by atoms with Crippen LogP contribution >= 0.6 is 0 Å². The van der Waals surface area contributed by atoms with Gasteiger partial charge in [-0.3, -0.25) is 14.4 Å². The van der Waals surface area contributed by atoms with Crippen molar-refractivity contribution >= 4 is 23.8 Å². The van der Waals surface area contributed by atoms with Gasteiger partial charge in [-0.05, 0) is 12.3 Å². The lowest BCUT2D eigenvalue weighted by Crippen LogP contribution is -2.55. The second kappa shape index (κ2) is 9.72. The Hall–Kier alpha value is -2.16. The second-order valence-electron chi connectivity index (χ2n) is 4.97. The first-order valence-corrected chi connectivity index (χ1v) is 6.97. The van der Waals surface area contributed by atoms with Crippen LogP contribution in [0.3, 0.4) is 0 Å². The minimum absolute atomic E-state index is 0.232. The first-order valence-electron chi connectivity index (χ1n) is 6.97. The molecular weight excluding hydrogens is 294 g/mol. The average molecular weight is 317 g/mol. The van der Waals surface area contributed by atoms with Gasteiger partial charge in [0.15, 0.2) is 0 Å². The van der Waals surface area contributed by atoms with Crippen LogP contribution in [-0.2, 0) is 19.2 Å². The van der Waals surface area contributed by atoms with Crippen molar-refractivity contribution < 1.29 is 29.4 Å². The molecule has 0 bridgehead atoms. The van der Waals surface area contributed by atoms with E-state index in [1.165, 1.54) is 0 Å². The van der Waals surface area contributed by atoms with Crippen molar-refractivity contribution in [3.05, 3.63) is 0 Å². The number of hydrogen-bond acceptors (Lipinski definition) is 5.